The molecule has 3 heterocycles. The van der Waals surface area contributed by atoms with Crippen LogP contribution in [0.5, 0.6) is 0 Å². The van der Waals surface area contributed by atoms with Gasteiger partial charge in [0, 0.05) is 35.9 Å². The van der Waals surface area contributed by atoms with Crippen molar-refractivity contribution in [3.63, 3.8) is 0 Å². The van der Waals surface area contributed by atoms with E-state index >= 15 is 0 Å². The fraction of sp³-hybridized carbons (Fsp3) is 0.467. The second kappa shape index (κ2) is 11.3. The van der Waals surface area contributed by atoms with Gasteiger partial charge in [-0.3, -0.25) is 23.9 Å². The summed E-state index contributed by atoms with van der Waals surface area (Å²) < 4.78 is 28.8. The number of benzene rings is 1. The van der Waals surface area contributed by atoms with Crippen molar-refractivity contribution in [3.8, 4) is 0 Å². The number of carbonyl (C=O) groups excluding carboxylic acids is 4. The Balaban J connectivity index is 1.30. The molecule has 0 bridgehead atoms. The maximum Gasteiger partial charge on any atom is 0.264 e. The highest BCUT2D eigenvalue weighted by Gasteiger charge is 2.67. The lowest BCUT2D eigenvalue weighted by Gasteiger charge is -2.27. The Bertz CT molecular complexity index is 1870. The van der Waals surface area contributed by atoms with Gasteiger partial charge in [-0.2, -0.15) is 5.10 Å². The monoisotopic (exact) mass is 699 g/mol. The van der Waals surface area contributed by atoms with Gasteiger partial charge in [-0.1, -0.05) is 6.07 Å². The molecule has 2 saturated carbocycles. The largest absolute Gasteiger partial charge is 0.325 e. The van der Waals surface area contributed by atoms with Gasteiger partial charge >= 0.3 is 0 Å². The fourth-order valence-electron chi connectivity index (χ4n) is 6.46. The molecule has 238 valence electrons. The number of hydrogen-bond donors (Lipinski definition) is 2. The van der Waals surface area contributed by atoms with Crippen molar-refractivity contribution >= 4 is 66.2 Å². The number of likely N-dealkylation sites (tertiary alicyclic amines) is 1. The molecule has 2 aromatic heterocycles. The van der Waals surface area contributed by atoms with Crippen molar-refractivity contribution in [2.45, 2.75) is 63.4 Å². The van der Waals surface area contributed by atoms with Crippen LogP contribution in [0.25, 0.3) is 10.9 Å². The number of anilines is 1. The molecule has 0 unspecified atom stereocenters. The molecular weight excluding hydrogens is 666 g/mol. The molecular formula is C30H34BrN7O6S. The molecule has 6 rings (SSSR count). The van der Waals surface area contributed by atoms with Gasteiger partial charge in [0.25, 0.3) is 5.91 Å². The third-order valence-electron chi connectivity index (χ3n) is 8.77. The van der Waals surface area contributed by atoms with Crippen molar-refractivity contribution in [1.82, 2.24) is 29.3 Å². The summed E-state index contributed by atoms with van der Waals surface area (Å²) in [5.41, 5.74) is 1.05. The number of nitrogens with zero attached hydrogens (tertiary/aromatic N) is 5. The molecule has 0 radical (unpaired) electrons. The molecule has 3 aliphatic rings. The van der Waals surface area contributed by atoms with Crippen LogP contribution in [-0.4, -0.2) is 94.5 Å². The smallest absolute Gasteiger partial charge is 0.264 e. The third-order valence-corrected chi connectivity index (χ3v) is 11.0. The summed E-state index contributed by atoms with van der Waals surface area (Å²) in [6.07, 6.45) is 2.25. The lowest BCUT2D eigenvalue weighted by molar-refractivity contribution is -0.138. The van der Waals surface area contributed by atoms with E-state index in [1.54, 1.807) is 11.0 Å². The van der Waals surface area contributed by atoms with Crippen molar-refractivity contribution in [3.05, 3.63) is 51.8 Å². The Morgan fingerprint density at radius 3 is 2.51 bits per heavy atom. The number of fused-ring (bicyclic) bond motifs is 2. The number of sulfonamides is 1. The number of carbonyl (C=O) groups is 4. The molecule has 3 fully saturated rings. The van der Waals surface area contributed by atoms with Crippen LogP contribution in [0.15, 0.2) is 34.9 Å². The van der Waals surface area contributed by atoms with Crippen LogP contribution in [0.1, 0.15) is 59.0 Å². The van der Waals surface area contributed by atoms with Gasteiger partial charge in [0.15, 0.2) is 5.78 Å². The first kappa shape index (κ1) is 31.3. The molecule has 45 heavy (non-hydrogen) atoms. The molecule has 3 aromatic rings. The SMILES string of the molecule is CC(=O)c1nn(CC(=O)N2[C@H](C(=O)Nc3nc(Br)ccc3C)C[C@@]3(CN(C)C)C[C@@H]23)c2cc(C(=O)NS(=O)(=O)C3CC3)ccc12. The van der Waals surface area contributed by atoms with Crippen molar-refractivity contribution < 1.29 is 27.6 Å². The van der Waals surface area contributed by atoms with Gasteiger partial charge in [-0.25, -0.2) is 18.1 Å². The standard InChI is InChI=1S/C30H34BrN7O6S/c1-16-5-10-24(31)32-27(16)33-29(42)22-12-30(15-36(3)4)13-23(30)38(22)25(40)14-37-21-11-18(6-9-20(21)26(34-37)17(2)39)28(41)35-45(43,44)19-7-8-19/h5-6,9-11,19,22-23H,7-8,12-15H2,1-4H3,(H,35,41)(H,32,33,42)/t22-,23+,30-/m0/s1. The summed E-state index contributed by atoms with van der Waals surface area (Å²) >= 11 is 3.34. The molecule has 3 amide bonds. The Kier molecular flexibility index (Phi) is 7.85. The Morgan fingerprint density at radius 2 is 1.84 bits per heavy atom. The molecule has 1 aromatic carbocycles. The number of pyridine rings is 1. The van der Waals surface area contributed by atoms with Crippen LogP contribution in [0.3, 0.4) is 0 Å². The molecule has 15 heteroatoms. The first-order valence-corrected chi connectivity index (χ1v) is 17.0. The van der Waals surface area contributed by atoms with E-state index in [2.05, 4.69) is 41.0 Å². The highest BCUT2D eigenvalue weighted by molar-refractivity contribution is 9.10. The van der Waals surface area contributed by atoms with Crippen LogP contribution in [-0.2, 0) is 26.2 Å². The van der Waals surface area contributed by atoms with Gasteiger partial charge < -0.3 is 15.1 Å². The second-order valence-corrected chi connectivity index (χ2v) is 15.4. The Hall–Kier alpha value is -3.69. The summed E-state index contributed by atoms with van der Waals surface area (Å²) in [4.78, 5) is 61.2. The molecule has 13 nitrogen and oxygen atoms in total. The molecule has 3 atom stereocenters. The number of piperidine rings is 1. The number of amides is 3. The van der Waals surface area contributed by atoms with Gasteiger partial charge in [0.05, 0.1) is 10.8 Å². The van der Waals surface area contributed by atoms with Gasteiger partial charge in [0.1, 0.15) is 28.7 Å². The summed E-state index contributed by atoms with van der Waals surface area (Å²) in [5, 5.41) is 7.18. The number of aryl methyl sites for hydroxylation is 1. The van der Waals surface area contributed by atoms with Gasteiger partial charge in [-0.15, -0.1) is 0 Å². The quantitative estimate of drug-likeness (QED) is 0.239. The number of rotatable bonds is 10. The molecule has 0 spiro atoms. The summed E-state index contributed by atoms with van der Waals surface area (Å²) in [6, 6.07) is 7.11. The number of nitrogens with one attached hydrogen (secondary N) is 2. The van der Waals surface area contributed by atoms with Crippen LogP contribution >= 0.6 is 15.9 Å². The second-order valence-electron chi connectivity index (χ2n) is 12.6. The lowest BCUT2D eigenvalue weighted by Crippen LogP contribution is -2.47. The van der Waals surface area contributed by atoms with Gasteiger partial charge in [-0.05, 0) is 92.5 Å². The van der Waals surface area contributed by atoms with E-state index in [0.717, 1.165) is 12.0 Å². The van der Waals surface area contributed by atoms with Crippen LogP contribution in [0.2, 0.25) is 0 Å². The zero-order valence-electron chi connectivity index (χ0n) is 25.3. The predicted molar refractivity (Wildman–Crippen MR) is 169 cm³/mol. The molecule has 1 aliphatic heterocycles. The van der Waals surface area contributed by atoms with Crippen molar-refractivity contribution in [2.24, 2.45) is 5.41 Å². The number of Topliss-reactive ketones (excluding diaryl/α,β-unsaturated/α-hetero) is 1. The third kappa shape index (κ3) is 6.00. The molecule has 2 N–H and O–H groups in total. The van der Waals surface area contributed by atoms with Crippen LogP contribution in [0, 0.1) is 12.3 Å². The normalized spacial score (nSPS) is 22.4. The number of ketones is 1. The average molecular weight is 701 g/mol. The van der Waals surface area contributed by atoms with Gasteiger partial charge in [0.2, 0.25) is 21.8 Å². The highest BCUT2D eigenvalue weighted by Crippen LogP contribution is 2.60. The molecule has 2 aliphatic carbocycles. The first-order valence-electron chi connectivity index (χ1n) is 14.7. The summed E-state index contributed by atoms with van der Waals surface area (Å²) in [5.74, 6) is -1.42. The predicted octanol–water partition coefficient (Wildman–Crippen LogP) is 2.49. The van der Waals surface area contributed by atoms with Crippen LogP contribution in [0.4, 0.5) is 5.82 Å². The zero-order valence-corrected chi connectivity index (χ0v) is 27.7. The average Bonchev–Trinajstić information content (AvgIpc) is 3.87. The number of hydrogen-bond acceptors (Lipinski definition) is 9. The minimum atomic E-state index is -3.78. The zero-order chi connectivity index (χ0) is 32.4. The minimum absolute atomic E-state index is 0.0536. The van der Waals surface area contributed by atoms with E-state index in [9.17, 15) is 27.6 Å². The molecule has 1 saturated heterocycles. The highest BCUT2D eigenvalue weighted by atomic mass is 79.9. The fourth-order valence-corrected chi connectivity index (χ4v) is 8.07. The maximum atomic E-state index is 14.1. The van der Waals surface area contributed by atoms with Crippen LogP contribution < -0.4 is 10.0 Å². The van der Waals surface area contributed by atoms with E-state index in [0.29, 0.717) is 47.1 Å². The number of halogens is 1. The lowest BCUT2D eigenvalue weighted by atomic mass is 9.98. The van der Waals surface area contributed by atoms with E-state index < -0.39 is 27.2 Å². The first-order chi connectivity index (χ1) is 21.2. The Morgan fingerprint density at radius 1 is 1.11 bits per heavy atom. The van der Waals surface area contributed by atoms with E-state index in [1.165, 1.54) is 29.8 Å². The maximum absolute atomic E-state index is 14.1. The number of aromatic nitrogens is 3. The van der Waals surface area contributed by atoms with E-state index in [-0.39, 0.29) is 46.9 Å². The van der Waals surface area contributed by atoms with Crippen molar-refractivity contribution in [2.75, 3.05) is 26.0 Å². The summed E-state index contributed by atoms with van der Waals surface area (Å²) in [7, 11) is 0.139. The minimum Gasteiger partial charge on any atom is -0.325 e. The topological polar surface area (TPSA) is 164 Å². The Labute approximate surface area is 268 Å². The van der Waals surface area contributed by atoms with E-state index in [4.69, 9.17) is 0 Å². The van der Waals surface area contributed by atoms with E-state index in [1.807, 2.05) is 27.1 Å². The van der Waals surface area contributed by atoms with Crippen molar-refractivity contribution in [1.29, 1.82) is 0 Å². The summed E-state index contributed by atoms with van der Waals surface area (Å²) in [6.45, 7) is 3.61.